The third-order valence-electron chi connectivity index (χ3n) is 5.38. The van der Waals surface area contributed by atoms with Crippen LogP contribution >= 0.6 is 23.7 Å². The molecule has 11 heteroatoms. The maximum absolute atomic E-state index is 8.34. The number of rotatable bonds is 7. The van der Waals surface area contributed by atoms with Crippen LogP contribution in [0.15, 0.2) is 24.7 Å². The van der Waals surface area contributed by atoms with Gasteiger partial charge in [0.2, 0.25) is 0 Å². The second kappa shape index (κ2) is 12.0. The molecule has 1 N–H and O–H groups in total. The van der Waals surface area contributed by atoms with Gasteiger partial charge in [0.1, 0.15) is 6.10 Å². The number of piperazine rings is 1. The molecule has 2 fully saturated rings. The standard InChI is InChI=1S/C24H32N8OS.ClH/c1-17-12-20(29-23(28-17)33-19-6-4-3-5-7-19)21-14-27-24(34-21)30-22-15-25-18(13-26-22)16-32-10-8-31(2)9-11-32;/h12-15,19H,3-11,16H2,1-2H3,(H,26,27,30);1H/i8D2,9D2,10D2,11D2;. The van der Waals surface area contributed by atoms with Crippen LogP contribution in [0.4, 0.5) is 10.9 Å². The van der Waals surface area contributed by atoms with Crippen LogP contribution in [0.3, 0.4) is 0 Å². The van der Waals surface area contributed by atoms with Gasteiger partial charge in [0, 0.05) is 55.4 Å². The van der Waals surface area contributed by atoms with Gasteiger partial charge in [0.15, 0.2) is 10.9 Å². The second-order valence-electron chi connectivity index (χ2n) is 8.20. The molecule has 35 heavy (non-hydrogen) atoms. The Morgan fingerprint density at radius 3 is 2.60 bits per heavy atom. The summed E-state index contributed by atoms with van der Waals surface area (Å²) in [5, 5.41) is 3.57. The SMILES string of the molecule is Cl.[2H]C1([2H])N(C)C([2H])([2H])C([2H])([2H])N(Cc2cnc(Nc3ncc(-c4cc(C)nc(OC5CCCCC5)n4)s3)cn2)C1([2H])[2H]. The van der Waals surface area contributed by atoms with Crippen molar-refractivity contribution in [2.24, 2.45) is 0 Å². The number of nitrogens with zero attached hydrogens (tertiary/aromatic N) is 7. The van der Waals surface area contributed by atoms with E-state index in [1.807, 2.05) is 13.0 Å². The molecule has 0 radical (unpaired) electrons. The van der Waals surface area contributed by atoms with Crippen LogP contribution in [-0.4, -0.2) is 73.9 Å². The van der Waals surface area contributed by atoms with E-state index in [9.17, 15) is 0 Å². The summed E-state index contributed by atoms with van der Waals surface area (Å²) >= 11 is 1.34. The Bertz CT molecular complexity index is 1400. The number of aryl methyl sites for hydroxylation is 1. The summed E-state index contributed by atoms with van der Waals surface area (Å²) in [6, 6.07) is 2.22. The summed E-state index contributed by atoms with van der Waals surface area (Å²) in [7, 11) is 1.02. The molecule has 0 amide bonds. The molecule has 1 saturated carbocycles. The van der Waals surface area contributed by atoms with Crippen LogP contribution in [0.1, 0.15) is 54.5 Å². The molecule has 1 aliphatic carbocycles. The van der Waals surface area contributed by atoms with Gasteiger partial charge in [-0.3, -0.25) is 9.88 Å². The number of anilines is 2. The Balaban J connectivity index is 0.00000423. The van der Waals surface area contributed by atoms with Crippen LogP contribution in [0, 0.1) is 6.92 Å². The van der Waals surface area contributed by atoms with Gasteiger partial charge in [0.25, 0.3) is 0 Å². The number of thiazole rings is 1. The van der Waals surface area contributed by atoms with Crippen molar-refractivity contribution in [2.75, 3.05) is 38.4 Å². The average Bonchev–Trinajstić information content (AvgIpc) is 3.40. The second-order valence-corrected chi connectivity index (χ2v) is 9.23. The molecule has 0 unspecified atom stereocenters. The molecule has 0 bridgehead atoms. The molecule has 1 aliphatic heterocycles. The minimum atomic E-state index is -2.88. The zero-order valence-electron chi connectivity index (χ0n) is 27.5. The van der Waals surface area contributed by atoms with E-state index in [-0.39, 0.29) is 24.2 Å². The summed E-state index contributed by atoms with van der Waals surface area (Å²) in [5.74, 6) is 0.329. The molecule has 5 rings (SSSR count). The third-order valence-corrected chi connectivity index (χ3v) is 6.32. The monoisotopic (exact) mass is 524 g/mol. The van der Waals surface area contributed by atoms with Crippen LogP contribution < -0.4 is 10.1 Å². The van der Waals surface area contributed by atoms with Gasteiger partial charge in [-0.05, 0) is 45.7 Å². The van der Waals surface area contributed by atoms with Gasteiger partial charge in [-0.15, -0.1) is 12.4 Å². The van der Waals surface area contributed by atoms with E-state index < -0.39 is 32.5 Å². The first kappa shape index (κ1) is 17.1. The fourth-order valence-electron chi connectivity index (χ4n) is 3.68. The maximum atomic E-state index is 8.34. The fourth-order valence-corrected chi connectivity index (χ4v) is 4.46. The molecule has 188 valence electrons. The zero-order chi connectivity index (χ0) is 30.5. The molecule has 0 aromatic carbocycles. The number of halogens is 1. The highest BCUT2D eigenvalue weighted by molar-refractivity contribution is 7.18. The van der Waals surface area contributed by atoms with Crippen LogP contribution in [-0.2, 0) is 6.54 Å². The Kier molecular flexibility index (Phi) is 5.88. The van der Waals surface area contributed by atoms with Gasteiger partial charge in [0.05, 0.1) is 28.7 Å². The van der Waals surface area contributed by atoms with Crippen LogP contribution in [0.25, 0.3) is 10.6 Å². The van der Waals surface area contributed by atoms with Gasteiger partial charge >= 0.3 is 6.01 Å². The van der Waals surface area contributed by atoms with E-state index in [1.54, 1.807) is 6.20 Å². The largest absolute Gasteiger partial charge is 0.460 e. The lowest BCUT2D eigenvalue weighted by molar-refractivity contribution is 0.142. The first-order valence-electron chi connectivity index (χ1n) is 15.2. The molecule has 4 heterocycles. The van der Waals surface area contributed by atoms with E-state index >= 15 is 0 Å². The lowest BCUT2D eigenvalue weighted by Crippen LogP contribution is -2.44. The molecule has 3 aromatic heterocycles. The summed E-state index contributed by atoms with van der Waals surface area (Å²) in [6.45, 7) is -10.0. The lowest BCUT2D eigenvalue weighted by Gasteiger charge is -2.31. The van der Waals surface area contributed by atoms with E-state index in [0.29, 0.717) is 32.5 Å². The van der Waals surface area contributed by atoms with E-state index in [4.69, 9.17) is 15.7 Å². The predicted molar refractivity (Wildman–Crippen MR) is 141 cm³/mol. The van der Waals surface area contributed by atoms with Crippen LogP contribution in [0.2, 0.25) is 0 Å². The van der Waals surface area contributed by atoms with E-state index in [0.717, 1.165) is 43.3 Å². The number of hydrogen-bond acceptors (Lipinski definition) is 10. The van der Waals surface area contributed by atoms with Crippen molar-refractivity contribution < 1.29 is 15.7 Å². The highest BCUT2D eigenvalue weighted by atomic mass is 35.5. The van der Waals surface area contributed by atoms with Crippen LogP contribution in [0.5, 0.6) is 6.01 Å². The fraction of sp³-hybridized carbons (Fsp3) is 0.542. The van der Waals surface area contributed by atoms with Gasteiger partial charge < -0.3 is 15.0 Å². The molecular weight excluding hydrogens is 484 g/mol. The average molecular weight is 525 g/mol. The smallest absolute Gasteiger partial charge is 0.317 e. The minimum Gasteiger partial charge on any atom is -0.460 e. The Hall–Kier alpha value is -2.40. The summed E-state index contributed by atoms with van der Waals surface area (Å²) in [4.78, 5) is 23.7. The van der Waals surface area contributed by atoms with Crippen molar-refractivity contribution in [3.8, 4) is 16.6 Å². The molecular formula is C24H33ClN8OS. The van der Waals surface area contributed by atoms with Gasteiger partial charge in [-0.1, -0.05) is 17.8 Å². The Morgan fingerprint density at radius 1 is 1.06 bits per heavy atom. The third kappa shape index (κ3) is 7.07. The van der Waals surface area contributed by atoms with Crippen molar-refractivity contribution in [3.63, 3.8) is 0 Å². The highest BCUT2D eigenvalue weighted by Gasteiger charge is 2.18. The van der Waals surface area contributed by atoms with Crippen molar-refractivity contribution >= 4 is 34.7 Å². The number of aromatic nitrogens is 5. The van der Waals surface area contributed by atoms with Gasteiger partial charge in [-0.25, -0.2) is 15.0 Å². The zero-order valence-corrected chi connectivity index (χ0v) is 21.1. The normalized spacial score (nSPS) is 26.8. The van der Waals surface area contributed by atoms with Gasteiger partial charge in [-0.2, -0.15) is 4.98 Å². The number of hydrogen-bond donors (Lipinski definition) is 1. The molecule has 9 nitrogen and oxygen atoms in total. The minimum absolute atomic E-state index is 0. The first-order chi connectivity index (χ1) is 19.6. The molecule has 0 spiro atoms. The number of likely N-dealkylation sites (N-methyl/N-ethyl adjacent to an activating group) is 1. The van der Waals surface area contributed by atoms with Crippen molar-refractivity contribution in [1.82, 2.24) is 34.7 Å². The molecule has 3 aromatic rings. The van der Waals surface area contributed by atoms with Crippen molar-refractivity contribution in [1.29, 1.82) is 0 Å². The van der Waals surface area contributed by atoms with Crippen molar-refractivity contribution in [3.05, 3.63) is 36.0 Å². The lowest BCUT2D eigenvalue weighted by atomic mass is 9.98. The molecule has 1 saturated heterocycles. The summed E-state index contributed by atoms with van der Waals surface area (Å²) in [5.41, 5.74) is 1.60. The number of nitrogens with one attached hydrogen (secondary N) is 1. The number of ether oxygens (including phenoxy) is 1. The molecule has 0 atom stereocenters. The Labute approximate surface area is 228 Å². The maximum Gasteiger partial charge on any atom is 0.317 e. The summed E-state index contributed by atoms with van der Waals surface area (Å²) < 4.78 is 72.1. The first-order valence-corrected chi connectivity index (χ1v) is 12.0. The molecule has 2 aliphatic rings. The summed E-state index contributed by atoms with van der Waals surface area (Å²) in [6.07, 6.45) is 10.00. The Morgan fingerprint density at radius 2 is 1.86 bits per heavy atom. The van der Waals surface area contributed by atoms with E-state index in [1.165, 1.54) is 30.2 Å². The highest BCUT2D eigenvalue weighted by Crippen LogP contribution is 2.31. The topological polar surface area (TPSA) is 92.2 Å². The van der Waals surface area contributed by atoms with E-state index in [2.05, 4.69) is 30.2 Å². The predicted octanol–water partition coefficient (Wildman–Crippen LogP) is 4.32. The van der Waals surface area contributed by atoms with Crippen molar-refractivity contribution in [2.45, 2.75) is 51.7 Å². The quantitative estimate of drug-likeness (QED) is 0.485.